The van der Waals surface area contributed by atoms with Gasteiger partial charge in [-0.2, -0.15) is 0 Å². The fraction of sp³-hybridized carbons (Fsp3) is 0.267. The molecule has 4 heteroatoms. The first-order chi connectivity index (χ1) is 9.38. The van der Waals surface area contributed by atoms with E-state index in [1.54, 1.807) is 0 Å². The van der Waals surface area contributed by atoms with Gasteiger partial charge in [-0.05, 0) is 24.1 Å². The average molecular weight is 254 g/mol. The van der Waals surface area contributed by atoms with Crippen molar-refractivity contribution >= 4 is 10.9 Å². The van der Waals surface area contributed by atoms with Gasteiger partial charge < -0.3 is 14.5 Å². The van der Waals surface area contributed by atoms with Gasteiger partial charge in [-0.15, -0.1) is 0 Å². The Morgan fingerprint density at radius 1 is 1.16 bits per heavy atom. The number of rotatable bonds is 5. The molecule has 0 radical (unpaired) electrons. The van der Waals surface area contributed by atoms with Crippen LogP contribution in [0.5, 0.6) is 0 Å². The number of imidazole rings is 1. The van der Waals surface area contributed by atoms with Crippen LogP contribution in [0.3, 0.4) is 0 Å². The monoisotopic (exact) mass is 254 g/mol. The number of nitrogens with one attached hydrogen (secondary N) is 1. The van der Waals surface area contributed by atoms with Gasteiger partial charge in [-0.3, -0.25) is 0 Å². The van der Waals surface area contributed by atoms with Crippen molar-refractivity contribution in [3.05, 3.63) is 54.7 Å². The largest absolute Gasteiger partial charge is 0.345 e. The topological polar surface area (TPSA) is 34.8 Å². The van der Waals surface area contributed by atoms with Gasteiger partial charge in [0.2, 0.25) is 0 Å². The Balaban J connectivity index is 1.90. The molecule has 98 valence electrons. The van der Waals surface area contributed by atoms with Gasteiger partial charge >= 0.3 is 0 Å². The first-order valence-corrected chi connectivity index (χ1v) is 6.55. The third-order valence-electron chi connectivity index (χ3n) is 3.40. The molecule has 0 aliphatic rings. The summed E-state index contributed by atoms with van der Waals surface area (Å²) in [5.41, 5.74) is 2.67. The van der Waals surface area contributed by atoms with Crippen molar-refractivity contribution in [1.82, 2.24) is 19.4 Å². The smallest absolute Gasteiger partial charge is 0.0946 e. The Kier molecular flexibility index (Phi) is 3.33. The van der Waals surface area contributed by atoms with Crippen molar-refractivity contribution < 1.29 is 0 Å². The van der Waals surface area contributed by atoms with E-state index in [1.807, 2.05) is 25.8 Å². The van der Waals surface area contributed by atoms with Crippen molar-refractivity contribution in [1.29, 1.82) is 0 Å². The second-order valence-electron chi connectivity index (χ2n) is 4.69. The maximum atomic E-state index is 4.08. The molecule has 3 aromatic rings. The maximum Gasteiger partial charge on any atom is 0.0946 e. The predicted molar refractivity (Wildman–Crippen MR) is 76.9 cm³/mol. The van der Waals surface area contributed by atoms with Gasteiger partial charge in [0, 0.05) is 38.2 Å². The average Bonchev–Trinajstić information content (AvgIpc) is 3.06. The van der Waals surface area contributed by atoms with Crippen LogP contribution in [-0.2, 0) is 19.6 Å². The number of para-hydroxylation sites is 1. The van der Waals surface area contributed by atoms with Crippen LogP contribution < -0.4 is 5.32 Å². The van der Waals surface area contributed by atoms with Crippen LogP contribution in [0, 0.1) is 0 Å². The zero-order chi connectivity index (χ0) is 13.1. The summed E-state index contributed by atoms with van der Waals surface area (Å²) >= 11 is 0. The zero-order valence-electron chi connectivity index (χ0n) is 11.1. The molecule has 0 bridgehead atoms. The van der Waals surface area contributed by atoms with E-state index in [4.69, 9.17) is 0 Å². The van der Waals surface area contributed by atoms with E-state index in [0.29, 0.717) is 0 Å². The summed E-state index contributed by atoms with van der Waals surface area (Å²) in [6.07, 6.45) is 7.85. The molecule has 0 unspecified atom stereocenters. The Labute approximate surface area is 112 Å². The first-order valence-electron chi connectivity index (χ1n) is 6.55. The van der Waals surface area contributed by atoms with Gasteiger partial charge in [0.15, 0.2) is 0 Å². The van der Waals surface area contributed by atoms with Crippen LogP contribution >= 0.6 is 0 Å². The van der Waals surface area contributed by atoms with E-state index in [1.165, 1.54) is 16.5 Å². The second-order valence-corrected chi connectivity index (χ2v) is 4.69. The molecule has 2 heterocycles. The number of hydrogen-bond acceptors (Lipinski definition) is 2. The van der Waals surface area contributed by atoms with E-state index in [0.717, 1.165) is 19.6 Å². The molecule has 0 saturated carbocycles. The van der Waals surface area contributed by atoms with E-state index in [9.17, 15) is 0 Å². The molecule has 0 fully saturated rings. The molecule has 3 rings (SSSR count). The molecular formula is C15H18N4. The molecule has 1 N–H and O–H groups in total. The number of hydrogen-bond donors (Lipinski definition) is 1. The molecule has 0 aliphatic carbocycles. The minimum Gasteiger partial charge on any atom is -0.345 e. The van der Waals surface area contributed by atoms with E-state index < -0.39 is 0 Å². The number of benzene rings is 1. The van der Waals surface area contributed by atoms with Gasteiger partial charge in [0.1, 0.15) is 0 Å². The number of aryl methyl sites for hydroxylation is 2. The Morgan fingerprint density at radius 2 is 2.11 bits per heavy atom. The van der Waals surface area contributed by atoms with E-state index in [2.05, 4.69) is 49.9 Å². The molecular weight excluding hydrogens is 236 g/mol. The normalized spacial score (nSPS) is 11.2. The third kappa shape index (κ3) is 2.39. The minimum absolute atomic E-state index is 0.895. The lowest BCUT2D eigenvalue weighted by Crippen LogP contribution is -2.09. The van der Waals surface area contributed by atoms with Gasteiger partial charge in [0.05, 0.1) is 11.8 Å². The highest BCUT2D eigenvalue weighted by molar-refractivity contribution is 5.83. The number of aromatic nitrogens is 3. The molecule has 0 aliphatic heterocycles. The molecule has 4 nitrogen and oxygen atoms in total. The number of fused-ring (bicyclic) bond motifs is 1. The Bertz CT molecular complexity index is 652. The first kappa shape index (κ1) is 12.0. The van der Waals surface area contributed by atoms with Crippen LogP contribution in [0.4, 0.5) is 0 Å². The summed E-state index contributed by atoms with van der Waals surface area (Å²) in [7, 11) is 1.98. The quantitative estimate of drug-likeness (QED) is 0.758. The molecule has 19 heavy (non-hydrogen) atoms. The van der Waals surface area contributed by atoms with Crippen molar-refractivity contribution in [2.75, 3.05) is 7.05 Å². The van der Waals surface area contributed by atoms with Crippen LogP contribution in [0.1, 0.15) is 5.56 Å². The summed E-state index contributed by atoms with van der Waals surface area (Å²) in [4.78, 5) is 4.08. The number of nitrogens with zero attached hydrogens (tertiary/aromatic N) is 3. The second kappa shape index (κ2) is 5.28. The fourth-order valence-corrected chi connectivity index (χ4v) is 2.50. The lowest BCUT2D eigenvalue weighted by Gasteiger charge is -2.10. The SMILES string of the molecule is CNCc1cccc2ccn(CCn3ccnc3)c12. The summed E-state index contributed by atoms with van der Waals surface area (Å²) in [5, 5.41) is 4.54. The van der Waals surface area contributed by atoms with Crippen molar-refractivity contribution in [3.8, 4) is 0 Å². The zero-order valence-corrected chi connectivity index (χ0v) is 11.1. The molecule has 0 atom stereocenters. The molecule has 0 amide bonds. The van der Waals surface area contributed by atoms with Crippen molar-refractivity contribution in [3.63, 3.8) is 0 Å². The van der Waals surface area contributed by atoms with Crippen LogP contribution in [-0.4, -0.2) is 21.2 Å². The highest BCUT2D eigenvalue weighted by Crippen LogP contribution is 2.20. The lowest BCUT2D eigenvalue weighted by atomic mass is 10.1. The Morgan fingerprint density at radius 3 is 2.89 bits per heavy atom. The molecule has 0 saturated heterocycles. The highest BCUT2D eigenvalue weighted by atomic mass is 15.1. The van der Waals surface area contributed by atoms with Gasteiger partial charge in [-0.25, -0.2) is 4.98 Å². The predicted octanol–water partition coefficient (Wildman–Crippen LogP) is 2.26. The molecule has 1 aromatic carbocycles. The summed E-state index contributed by atoms with van der Waals surface area (Å²) in [6.45, 7) is 2.80. The molecule has 2 aromatic heterocycles. The lowest BCUT2D eigenvalue weighted by molar-refractivity contribution is 0.590. The summed E-state index contributed by atoms with van der Waals surface area (Å²) in [6, 6.07) is 8.66. The Hall–Kier alpha value is -2.07. The van der Waals surface area contributed by atoms with Crippen LogP contribution in [0.25, 0.3) is 10.9 Å². The van der Waals surface area contributed by atoms with Gasteiger partial charge in [0.25, 0.3) is 0 Å². The van der Waals surface area contributed by atoms with Gasteiger partial charge in [-0.1, -0.05) is 18.2 Å². The minimum atomic E-state index is 0.895. The fourth-order valence-electron chi connectivity index (χ4n) is 2.50. The molecule has 0 spiro atoms. The highest BCUT2D eigenvalue weighted by Gasteiger charge is 2.05. The van der Waals surface area contributed by atoms with Crippen molar-refractivity contribution in [2.24, 2.45) is 0 Å². The standard InChI is InChI=1S/C15H18N4/c1-16-11-14-4-2-3-13-5-7-19(15(13)14)10-9-18-8-6-17-12-18/h2-8,12,16H,9-11H2,1H3. The maximum absolute atomic E-state index is 4.08. The van der Waals surface area contributed by atoms with E-state index >= 15 is 0 Å². The summed E-state index contributed by atoms with van der Waals surface area (Å²) < 4.78 is 4.43. The van der Waals surface area contributed by atoms with Crippen LogP contribution in [0.2, 0.25) is 0 Å². The third-order valence-corrected chi connectivity index (χ3v) is 3.40. The van der Waals surface area contributed by atoms with Crippen LogP contribution in [0.15, 0.2) is 49.2 Å². The van der Waals surface area contributed by atoms with E-state index in [-0.39, 0.29) is 0 Å². The van der Waals surface area contributed by atoms with Crippen molar-refractivity contribution in [2.45, 2.75) is 19.6 Å². The summed E-state index contributed by atoms with van der Waals surface area (Å²) in [5.74, 6) is 0.